The van der Waals surface area contributed by atoms with Crippen molar-refractivity contribution in [2.24, 2.45) is 0 Å². The summed E-state index contributed by atoms with van der Waals surface area (Å²) in [6, 6.07) is 10.6. The Morgan fingerprint density at radius 3 is 2.62 bits per heavy atom. The van der Waals surface area contributed by atoms with Gasteiger partial charge in [-0.15, -0.1) is 0 Å². The summed E-state index contributed by atoms with van der Waals surface area (Å²) in [6.07, 6.45) is 3.76. The zero-order chi connectivity index (χ0) is 15.0. The summed E-state index contributed by atoms with van der Waals surface area (Å²) in [4.78, 5) is 4.11. The second-order valence-electron chi connectivity index (χ2n) is 5.19. The van der Waals surface area contributed by atoms with Gasteiger partial charge in [0, 0.05) is 0 Å². The maximum atomic E-state index is 6.31. The van der Waals surface area contributed by atoms with E-state index >= 15 is 0 Å². The van der Waals surface area contributed by atoms with Crippen molar-refractivity contribution in [3.63, 3.8) is 0 Å². The van der Waals surface area contributed by atoms with Gasteiger partial charge in [0.2, 0.25) is 0 Å². The molecule has 0 bridgehead atoms. The molecule has 0 unspecified atom stereocenters. The van der Waals surface area contributed by atoms with Crippen molar-refractivity contribution in [1.82, 2.24) is 9.55 Å². The van der Waals surface area contributed by atoms with Gasteiger partial charge in [-0.1, -0.05) is 60.8 Å². The van der Waals surface area contributed by atoms with E-state index in [1.807, 2.05) is 4.57 Å². The number of imidazole rings is 1. The summed E-state index contributed by atoms with van der Waals surface area (Å²) in [5, 5.41) is 3.32. The van der Waals surface area contributed by atoms with Gasteiger partial charge >= 0.3 is 0 Å². The van der Waals surface area contributed by atoms with E-state index < -0.39 is 0 Å². The normalized spacial score (nSPS) is 11.2. The molecule has 2 nitrogen and oxygen atoms in total. The van der Waals surface area contributed by atoms with Crippen LogP contribution in [0, 0.1) is 6.92 Å². The third-order valence-electron chi connectivity index (χ3n) is 3.73. The molecule has 0 saturated heterocycles. The highest BCUT2D eigenvalue weighted by molar-refractivity contribution is 6.40. The van der Waals surface area contributed by atoms with Crippen LogP contribution in [-0.2, 0) is 6.42 Å². The van der Waals surface area contributed by atoms with Crippen LogP contribution in [0.15, 0.2) is 36.7 Å². The van der Waals surface area contributed by atoms with Gasteiger partial charge in [-0.2, -0.15) is 0 Å². The third kappa shape index (κ3) is 2.43. The molecule has 2 aromatic carbocycles. The lowest BCUT2D eigenvalue weighted by atomic mass is 9.95. The highest BCUT2D eigenvalue weighted by Crippen LogP contribution is 2.33. The van der Waals surface area contributed by atoms with E-state index in [1.165, 1.54) is 21.9 Å². The van der Waals surface area contributed by atoms with Crippen molar-refractivity contribution < 1.29 is 0 Å². The van der Waals surface area contributed by atoms with Crippen molar-refractivity contribution in [3.05, 3.63) is 58.1 Å². The summed E-state index contributed by atoms with van der Waals surface area (Å²) >= 11 is 12.3. The van der Waals surface area contributed by atoms with Gasteiger partial charge in [0.05, 0.1) is 5.69 Å². The van der Waals surface area contributed by atoms with Crippen LogP contribution in [0.1, 0.15) is 24.5 Å². The largest absolute Gasteiger partial charge is 0.288 e. The van der Waals surface area contributed by atoms with E-state index in [0.717, 1.165) is 18.5 Å². The van der Waals surface area contributed by atoms with Gasteiger partial charge in [0.1, 0.15) is 6.33 Å². The highest BCUT2D eigenvalue weighted by Gasteiger charge is 2.16. The summed E-state index contributed by atoms with van der Waals surface area (Å²) in [5.74, 6) is 0. The standard InChI is InChI=1S/C17H16Cl2N2/c1-3-6-14-13-8-5-4-7-12(13)9-11(2)15(14)21-10-20-16(18)17(21)19/h4-5,7-10H,3,6H2,1-2H3. The fraction of sp³-hybridized carbons (Fsp3) is 0.235. The Kier molecular flexibility index (Phi) is 3.92. The van der Waals surface area contributed by atoms with Crippen LogP contribution in [0.2, 0.25) is 10.3 Å². The summed E-state index contributed by atoms with van der Waals surface area (Å²) < 4.78 is 1.89. The second-order valence-corrected chi connectivity index (χ2v) is 5.90. The van der Waals surface area contributed by atoms with E-state index in [0.29, 0.717) is 10.3 Å². The van der Waals surface area contributed by atoms with Crippen LogP contribution in [0.3, 0.4) is 0 Å². The number of rotatable bonds is 3. The number of aromatic nitrogens is 2. The quantitative estimate of drug-likeness (QED) is 0.615. The molecule has 0 aliphatic rings. The minimum Gasteiger partial charge on any atom is -0.288 e. The Labute approximate surface area is 134 Å². The minimum absolute atomic E-state index is 0.340. The summed E-state index contributed by atoms with van der Waals surface area (Å²) in [6.45, 7) is 4.29. The van der Waals surface area contributed by atoms with Gasteiger partial charge in [-0.25, -0.2) is 4.98 Å². The molecule has 4 heteroatoms. The van der Waals surface area contributed by atoms with Crippen LogP contribution in [0.25, 0.3) is 16.5 Å². The number of hydrogen-bond acceptors (Lipinski definition) is 1. The Hall–Kier alpha value is -1.51. The fourth-order valence-electron chi connectivity index (χ4n) is 2.87. The summed E-state index contributed by atoms with van der Waals surface area (Å²) in [7, 11) is 0. The maximum Gasteiger partial charge on any atom is 0.166 e. The molecule has 0 saturated carbocycles. The van der Waals surface area contributed by atoms with Crippen LogP contribution in [0.4, 0.5) is 0 Å². The van der Waals surface area contributed by atoms with E-state index in [9.17, 15) is 0 Å². The van der Waals surface area contributed by atoms with Crippen molar-refractivity contribution in [2.75, 3.05) is 0 Å². The number of nitrogens with zero attached hydrogens (tertiary/aromatic N) is 2. The molecule has 3 rings (SSSR count). The zero-order valence-electron chi connectivity index (χ0n) is 12.0. The fourth-order valence-corrected chi connectivity index (χ4v) is 3.18. The van der Waals surface area contributed by atoms with Gasteiger partial charge in [0.25, 0.3) is 0 Å². The van der Waals surface area contributed by atoms with Crippen LogP contribution in [-0.4, -0.2) is 9.55 Å². The van der Waals surface area contributed by atoms with Gasteiger partial charge in [0.15, 0.2) is 10.3 Å². The lowest BCUT2D eigenvalue weighted by Crippen LogP contribution is -2.03. The molecule has 0 atom stereocenters. The molecule has 3 aromatic rings. The number of benzene rings is 2. The maximum absolute atomic E-state index is 6.31. The average molecular weight is 319 g/mol. The molecular formula is C17H16Cl2N2. The van der Waals surface area contributed by atoms with Crippen molar-refractivity contribution >= 4 is 34.0 Å². The topological polar surface area (TPSA) is 17.8 Å². The molecule has 0 fully saturated rings. The molecule has 1 aromatic heterocycles. The molecular weight excluding hydrogens is 303 g/mol. The number of aryl methyl sites for hydroxylation is 2. The predicted octanol–water partition coefficient (Wildman–Crippen LogP) is 5.59. The van der Waals surface area contributed by atoms with Crippen LogP contribution < -0.4 is 0 Å². The first-order valence-corrected chi connectivity index (χ1v) is 7.79. The Balaban J connectivity index is 2.38. The van der Waals surface area contributed by atoms with E-state index in [-0.39, 0.29) is 0 Å². The average Bonchev–Trinajstić information content (AvgIpc) is 2.80. The molecule has 0 aliphatic carbocycles. The molecule has 0 amide bonds. The second kappa shape index (κ2) is 5.70. The smallest absolute Gasteiger partial charge is 0.166 e. The first kappa shape index (κ1) is 14.4. The first-order valence-electron chi connectivity index (χ1n) is 7.03. The molecule has 0 N–H and O–H groups in total. The molecule has 0 radical (unpaired) electrons. The lowest BCUT2D eigenvalue weighted by Gasteiger charge is -2.17. The Bertz CT molecular complexity index is 806. The van der Waals surface area contributed by atoms with E-state index in [1.54, 1.807) is 6.33 Å². The van der Waals surface area contributed by atoms with Gasteiger partial charge in [-0.3, -0.25) is 4.57 Å². The number of halogens is 2. The SMILES string of the molecule is CCCc1c(-n2cnc(Cl)c2Cl)c(C)cc2ccccc12. The molecule has 0 spiro atoms. The minimum atomic E-state index is 0.340. The van der Waals surface area contributed by atoms with Gasteiger partial charge < -0.3 is 0 Å². The predicted molar refractivity (Wildman–Crippen MR) is 89.8 cm³/mol. The number of hydrogen-bond donors (Lipinski definition) is 0. The molecule has 1 heterocycles. The van der Waals surface area contributed by atoms with Crippen molar-refractivity contribution in [3.8, 4) is 5.69 Å². The Morgan fingerprint density at radius 2 is 1.95 bits per heavy atom. The first-order chi connectivity index (χ1) is 10.1. The van der Waals surface area contributed by atoms with Crippen LogP contribution in [0.5, 0.6) is 0 Å². The lowest BCUT2D eigenvalue weighted by molar-refractivity contribution is 0.902. The number of fused-ring (bicyclic) bond motifs is 1. The Morgan fingerprint density at radius 1 is 1.19 bits per heavy atom. The van der Waals surface area contributed by atoms with E-state index in [4.69, 9.17) is 23.2 Å². The monoisotopic (exact) mass is 318 g/mol. The molecule has 21 heavy (non-hydrogen) atoms. The van der Waals surface area contributed by atoms with Gasteiger partial charge in [-0.05, 0) is 41.3 Å². The van der Waals surface area contributed by atoms with Crippen molar-refractivity contribution in [2.45, 2.75) is 26.7 Å². The third-order valence-corrected chi connectivity index (χ3v) is 4.46. The zero-order valence-corrected chi connectivity index (χ0v) is 13.5. The summed E-state index contributed by atoms with van der Waals surface area (Å²) in [5.41, 5.74) is 3.57. The molecule has 0 aliphatic heterocycles. The van der Waals surface area contributed by atoms with E-state index in [2.05, 4.69) is 49.2 Å². The van der Waals surface area contributed by atoms with Crippen LogP contribution >= 0.6 is 23.2 Å². The molecule has 108 valence electrons. The van der Waals surface area contributed by atoms with Crippen molar-refractivity contribution in [1.29, 1.82) is 0 Å². The highest BCUT2D eigenvalue weighted by atomic mass is 35.5.